The number of hydrogen-bond acceptors (Lipinski definition) is 7. The summed E-state index contributed by atoms with van der Waals surface area (Å²) >= 11 is 0. The lowest BCUT2D eigenvalue weighted by Gasteiger charge is -2.28. The van der Waals surface area contributed by atoms with E-state index in [0.29, 0.717) is 11.9 Å². The number of piperazine rings is 1. The Labute approximate surface area is 148 Å². The molecule has 0 radical (unpaired) electrons. The van der Waals surface area contributed by atoms with E-state index in [2.05, 4.69) is 56.5 Å². The summed E-state index contributed by atoms with van der Waals surface area (Å²) in [4.78, 5) is 16.0. The summed E-state index contributed by atoms with van der Waals surface area (Å²) in [5.74, 6) is 1.94. The third-order valence-electron chi connectivity index (χ3n) is 3.87. The van der Waals surface area contributed by atoms with Crippen LogP contribution in [0.2, 0.25) is 0 Å². The molecule has 0 aliphatic carbocycles. The minimum atomic E-state index is -0.161. The lowest BCUT2D eigenvalue weighted by molar-refractivity contribution is 0.533. The molecule has 2 heterocycles. The number of hydrazone groups is 1. The zero-order valence-corrected chi connectivity index (χ0v) is 15.0. The largest absolute Gasteiger partial charge is 0.338 e. The molecule has 0 saturated carbocycles. The highest BCUT2D eigenvalue weighted by Gasteiger charge is 2.22. The molecule has 2 aromatic rings. The first-order valence-electron chi connectivity index (χ1n) is 8.59. The maximum Gasteiger partial charge on any atom is 0.248 e. The van der Waals surface area contributed by atoms with Crippen LogP contribution in [0.3, 0.4) is 0 Å². The van der Waals surface area contributed by atoms with Crippen molar-refractivity contribution in [3.05, 3.63) is 41.7 Å². The number of nitrogens with zero attached hydrogens (tertiary/aromatic N) is 5. The van der Waals surface area contributed by atoms with Gasteiger partial charge >= 0.3 is 0 Å². The van der Waals surface area contributed by atoms with Crippen LogP contribution >= 0.6 is 0 Å². The van der Waals surface area contributed by atoms with Crippen LogP contribution in [0.25, 0.3) is 0 Å². The Hall–Kier alpha value is -2.54. The van der Waals surface area contributed by atoms with Gasteiger partial charge in [-0.3, -0.25) is 0 Å². The summed E-state index contributed by atoms with van der Waals surface area (Å²) in [5.41, 5.74) is 3.80. The van der Waals surface area contributed by atoms with E-state index in [0.717, 1.165) is 37.6 Å². The second kappa shape index (κ2) is 7.57. The van der Waals surface area contributed by atoms with E-state index in [1.807, 2.05) is 30.3 Å². The Morgan fingerprint density at radius 3 is 2.48 bits per heavy atom. The number of nitrogens with one attached hydrogen (secondary N) is 2. The molecule has 1 aromatic carbocycles. The molecule has 7 heteroatoms. The van der Waals surface area contributed by atoms with Crippen LogP contribution in [0.4, 0.5) is 11.9 Å². The third-order valence-corrected chi connectivity index (χ3v) is 3.87. The van der Waals surface area contributed by atoms with Crippen LogP contribution in [0.5, 0.6) is 0 Å². The predicted molar refractivity (Wildman–Crippen MR) is 101 cm³/mol. The summed E-state index contributed by atoms with van der Waals surface area (Å²) in [5, 5.41) is 7.61. The third kappa shape index (κ3) is 4.73. The Bertz CT molecular complexity index is 716. The predicted octanol–water partition coefficient (Wildman–Crippen LogP) is 2.02. The molecule has 0 amide bonds. The summed E-state index contributed by atoms with van der Waals surface area (Å²) in [6, 6.07) is 9.91. The fourth-order valence-corrected chi connectivity index (χ4v) is 2.46. The van der Waals surface area contributed by atoms with E-state index in [9.17, 15) is 0 Å². The molecule has 132 valence electrons. The maximum absolute atomic E-state index is 4.68. The van der Waals surface area contributed by atoms with Crippen LogP contribution in [0.15, 0.2) is 35.4 Å². The molecule has 0 spiro atoms. The molecule has 3 rings (SSSR count). The SMILES string of the molecule is CC(C)(C)c1nc(NN=Cc2ccccc2)nc(N2CCNCC2)n1. The number of aromatic nitrogens is 3. The first kappa shape index (κ1) is 17.3. The smallest absolute Gasteiger partial charge is 0.248 e. The Morgan fingerprint density at radius 2 is 1.80 bits per heavy atom. The van der Waals surface area contributed by atoms with Gasteiger partial charge in [-0.25, -0.2) is 5.43 Å². The normalized spacial score (nSPS) is 15.6. The van der Waals surface area contributed by atoms with Crippen molar-refractivity contribution in [2.45, 2.75) is 26.2 Å². The Morgan fingerprint density at radius 1 is 1.08 bits per heavy atom. The van der Waals surface area contributed by atoms with Crippen LogP contribution in [0.1, 0.15) is 32.2 Å². The van der Waals surface area contributed by atoms with E-state index in [1.54, 1.807) is 6.21 Å². The van der Waals surface area contributed by atoms with Gasteiger partial charge < -0.3 is 10.2 Å². The summed E-state index contributed by atoms with van der Waals surface area (Å²) < 4.78 is 0. The minimum absolute atomic E-state index is 0.161. The number of benzene rings is 1. The van der Waals surface area contributed by atoms with Crippen LogP contribution in [0, 0.1) is 0 Å². The van der Waals surface area contributed by atoms with Crippen LogP contribution in [-0.2, 0) is 5.41 Å². The lowest BCUT2D eigenvalue weighted by Crippen LogP contribution is -2.44. The van der Waals surface area contributed by atoms with Gasteiger partial charge in [0.25, 0.3) is 0 Å². The maximum atomic E-state index is 4.68. The van der Waals surface area contributed by atoms with Gasteiger partial charge in [0.1, 0.15) is 5.82 Å². The van der Waals surface area contributed by atoms with Crippen molar-refractivity contribution in [2.75, 3.05) is 36.5 Å². The first-order chi connectivity index (χ1) is 12.0. The molecule has 1 aromatic heterocycles. The fourth-order valence-electron chi connectivity index (χ4n) is 2.46. The van der Waals surface area contributed by atoms with Crippen molar-refractivity contribution in [1.82, 2.24) is 20.3 Å². The zero-order chi connectivity index (χ0) is 17.7. The van der Waals surface area contributed by atoms with Gasteiger partial charge in [-0.05, 0) is 5.56 Å². The molecule has 25 heavy (non-hydrogen) atoms. The minimum Gasteiger partial charge on any atom is -0.338 e. The summed E-state index contributed by atoms with van der Waals surface area (Å²) in [6.45, 7) is 9.94. The summed E-state index contributed by atoms with van der Waals surface area (Å²) in [6.07, 6.45) is 1.75. The highest BCUT2D eigenvalue weighted by atomic mass is 15.4. The average molecular weight is 339 g/mol. The molecule has 1 aliphatic rings. The van der Waals surface area contributed by atoms with Gasteiger partial charge in [-0.1, -0.05) is 51.1 Å². The van der Waals surface area contributed by atoms with Gasteiger partial charge in [0.15, 0.2) is 0 Å². The first-order valence-corrected chi connectivity index (χ1v) is 8.59. The van der Waals surface area contributed by atoms with Gasteiger partial charge in [0, 0.05) is 31.6 Å². The lowest BCUT2D eigenvalue weighted by atomic mass is 9.96. The summed E-state index contributed by atoms with van der Waals surface area (Å²) in [7, 11) is 0. The zero-order valence-electron chi connectivity index (χ0n) is 15.0. The molecule has 1 saturated heterocycles. The second-order valence-corrected chi connectivity index (χ2v) is 7.05. The van der Waals surface area contributed by atoms with E-state index in [4.69, 9.17) is 0 Å². The van der Waals surface area contributed by atoms with Crippen molar-refractivity contribution < 1.29 is 0 Å². The molecular formula is C18H25N7. The van der Waals surface area contributed by atoms with Crippen molar-refractivity contribution in [1.29, 1.82) is 0 Å². The van der Waals surface area contributed by atoms with Gasteiger partial charge in [-0.15, -0.1) is 0 Å². The van der Waals surface area contributed by atoms with Crippen LogP contribution in [-0.4, -0.2) is 47.3 Å². The molecule has 2 N–H and O–H groups in total. The highest BCUT2D eigenvalue weighted by molar-refractivity contribution is 5.79. The average Bonchev–Trinajstić information content (AvgIpc) is 2.62. The van der Waals surface area contributed by atoms with Gasteiger partial charge in [0.05, 0.1) is 6.21 Å². The van der Waals surface area contributed by atoms with Gasteiger partial charge in [-0.2, -0.15) is 20.1 Å². The molecule has 1 fully saturated rings. The van der Waals surface area contributed by atoms with Crippen molar-refractivity contribution >= 4 is 18.1 Å². The molecule has 0 unspecified atom stereocenters. The fraction of sp³-hybridized carbons (Fsp3) is 0.444. The Balaban J connectivity index is 1.83. The topological polar surface area (TPSA) is 78.3 Å². The van der Waals surface area contributed by atoms with E-state index in [-0.39, 0.29) is 5.41 Å². The van der Waals surface area contributed by atoms with Crippen molar-refractivity contribution in [2.24, 2.45) is 5.10 Å². The van der Waals surface area contributed by atoms with Crippen molar-refractivity contribution in [3.63, 3.8) is 0 Å². The molecule has 7 nitrogen and oxygen atoms in total. The van der Waals surface area contributed by atoms with E-state index >= 15 is 0 Å². The quantitative estimate of drug-likeness (QED) is 0.655. The monoisotopic (exact) mass is 339 g/mol. The molecule has 1 aliphatic heterocycles. The van der Waals surface area contributed by atoms with Crippen LogP contribution < -0.4 is 15.6 Å². The standard InChI is InChI=1S/C18H25N7/c1-18(2,3)15-21-16(24-20-13-14-7-5-4-6-8-14)23-17(22-15)25-11-9-19-10-12-25/h4-8,13,19H,9-12H2,1-3H3,(H,21,22,23,24). The van der Waals surface area contributed by atoms with E-state index in [1.165, 1.54) is 0 Å². The number of rotatable bonds is 4. The van der Waals surface area contributed by atoms with E-state index < -0.39 is 0 Å². The second-order valence-electron chi connectivity index (χ2n) is 7.05. The molecule has 0 atom stereocenters. The van der Waals surface area contributed by atoms with Crippen molar-refractivity contribution in [3.8, 4) is 0 Å². The number of hydrogen-bond donors (Lipinski definition) is 2. The van der Waals surface area contributed by atoms with Gasteiger partial charge in [0.2, 0.25) is 11.9 Å². The highest BCUT2D eigenvalue weighted by Crippen LogP contribution is 2.22. The molecular weight excluding hydrogens is 314 g/mol. The Kier molecular flexibility index (Phi) is 5.23. The number of anilines is 2. The molecule has 0 bridgehead atoms.